The molecule has 196 valence electrons. The van der Waals surface area contributed by atoms with Crippen LogP contribution in [0.2, 0.25) is 0 Å². The first-order valence-electron chi connectivity index (χ1n) is 12.3. The van der Waals surface area contributed by atoms with E-state index in [1.807, 2.05) is 0 Å². The van der Waals surface area contributed by atoms with Crippen molar-refractivity contribution in [2.45, 2.75) is 12.8 Å². The third-order valence-electron chi connectivity index (χ3n) is 7.13. The largest absolute Gasteiger partial charge is 0.484 e. The number of H-pyrrole nitrogens is 1. The molecule has 0 bridgehead atoms. The van der Waals surface area contributed by atoms with Gasteiger partial charge in [-0.15, -0.1) is 0 Å². The molecule has 0 atom stereocenters. The monoisotopic (exact) mass is 518 g/mol. The lowest BCUT2D eigenvalue weighted by Crippen LogP contribution is -2.42. The van der Waals surface area contributed by atoms with Crippen molar-refractivity contribution >= 4 is 22.7 Å². The summed E-state index contributed by atoms with van der Waals surface area (Å²) < 4.78 is 21.3. The van der Waals surface area contributed by atoms with Gasteiger partial charge in [-0.05, 0) is 73.0 Å². The summed E-state index contributed by atoms with van der Waals surface area (Å²) >= 11 is 0. The minimum Gasteiger partial charge on any atom is -0.484 e. The molecule has 2 aromatic carbocycles. The van der Waals surface area contributed by atoms with Crippen LogP contribution in [0.4, 0.5) is 4.39 Å². The van der Waals surface area contributed by atoms with Crippen LogP contribution >= 0.6 is 0 Å². The summed E-state index contributed by atoms with van der Waals surface area (Å²) in [4.78, 5) is 54.7. The number of nitrogens with one attached hydrogen (secondary N) is 1. The number of benzene rings is 2. The summed E-state index contributed by atoms with van der Waals surface area (Å²) in [7, 11) is 3.05. The predicted molar refractivity (Wildman–Crippen MR) is 140 cm³/mol. The Kier molecular flexibility index (Phi) is 6.71. The molecule has 0 radical (unpaired) electrons. The van der Waals surface area contributed by atoms with E-state index >= 15 is 0 Å². The highest BCUT2D eigenvalue weighted by Crippen LogP contribution is 2.25. The van der Waals surface area contributed by atoms with E-state index in [9.17, 15) is 23.6 Å². The van der Waals surface area contributed by atoms with Gasteiger partial charge in [-0.1, -0.05) is 0 Å². The van der Waals surface area contributed by atoms with E-state index in [0.29, 0.717) is 54.0 Å². The Balaban J connectivity index is 1.17. The Morgan fingerprint density at radius 3 is 2.29 bits per heavy atom. The zero-order valence-corrected chi connectivity index (χ0v) is 21.1. The molecule has 1 aliphatic heterocycles. The zero-order valence-electron chi connectivity index (χ0n) is 21.1. The zero-order chi connectivity index (χ0) is 27.0. The lowest BCUT2D eigenvalue weighted by atomic mass is 9.89. The van der Waals surface area contributed by atoms with Crippen LogP contribution < -0.4 is 16.0 Å². The number of rotatable bonds is 6. The van der Waals surface area contributed by atoms with Crippen molar-refractivity contribution in [1.29, 1.82) is 0 Å². The fraction of sp³-hybridized carbons (Fsp3) is 0.286. The van der Waals surface area contributed by atoms with Gasteiger partial charge in [-0.3, -0.25) is 23.5 Å². The van der Waals surface area contributed by atoms with Crippen molar-refractivity contribution in [3.8, 4) is 17.0 Å². The normalized spacial score (nSPS) is 14.1. The highest BCUT2D eigenvalue weighted by Gasteiger charge is 2.28. The number of ether oxygens (including phenoxy) is 1. The summed E-state index contributed by atoms with van der Waals surface area (Å²) in [5.74, 6) is -0.233. The van der Waals surface area contributed by atoms with Crippen LogP contribution in [0, 0.1) is 11.7 Å². The Morgan fingerprint density at radius 2 is 1.63 bits per heavy atom. The van der Waals surface area contributed by atoms with E-state index in [0.717, 1.165) is 10.1 Å². The highest BCUT2D eigenvalue weighted by atomic mass is 19.1. The van der Waals surface area contributed by atoms with Crippen LogP contribution in [0.1, 0.15) is 23.2 Å². The Bertz CT molecular complexity index is 1630. The van der Waals surface area contributed by atoms with Gasteiger partial charge in [0.05, 0.1) is 5.52 Å². The van der Waals surface area contributed by atoms with Gasteiger partial charge in [0.25, 0.3) is 11.5 Å². The number of likely N-dealkylation sites (tertiary alicyclic amines) is 1. The number of aromatic amines is 1. The summed E-state index contributed by atoms with van der Waals surface area (Å²) in [6, 6.07) is 14.4. The second-order valence-electron chi connectivity index (χ2n) is 9.49. The second kappa shape index (κ2) is 10.1. The van der Waals surface area contributed by atoms with E-state index in [1.54, 1.807) is 42.3 Å². The molecule has 4 aromatic rings. The van der Waals surface area contributed by atoms with Crippen LogP contribution in [0.3, 0.4) is 0 Å². The number of aromatic nitrogens is 3. The quantitative estimate of drug-likeness (QED) is 0.395. The molecule has 9 nitrogen and oxygen atoms in total. The molecule has 0 aliphatic carbocycles. The van der Waals surface area contributed by atoms with E-state index in [-0.39, 0.29) is 30.0 Å². The number of nitrogens with zero attached hydrogens (tertiary/aromatic N) is 3. The average Bonchev–Trinajstić information content (AvgIpc) is 3.40. The molecule has 1 saturated heterocycles. The standard InChI is InChI=1S/C28H27FN4O5/c1-31-23-15-22(30-25(23)27(36)32(2)28(31)37)17-5-9-21(10-6-17)38-16-24(34)33-13-11-19(12-14-33)26(35)18-3-7-20(29)8-4-18/h3-10,15,19,30H,11-14,16H2,1-2H3. The van der Waals surface area contributed by atoms with E-state index in [1.165, 1.54) is 35.9 Å². The van der Waals surface area contributed by atoms with Crippen LogP contribution in [0.5, 0.6) is 5.75 Å². The summed E-state index contributed by atoms with van der Waals surface area (Å²) in [6.07, 6.45) is 1.10. The lowest BCUT2D eigenvalue weighted by molar-refractivity contribution is -0.134. The van der Waals surface area contributed by atoms with Crippen molar-refractivity contribution < 1.29 is 18.7 Å². The molecule has 1 aliphatic rings. The van der Waals surface area contributed by atoms with Gasteiger partial charge in [-0.25, -0.2) is 9.18 Å². The Morgan fingerprint density at radius 1 is 0.974 bits per heavy atom. The minimum atomic E-state index is -0.398. The second-order valence-corrected chi connectivity index (χ2v) is 9.49. The van der Waals surface area contributed by atoms with Gasteiger partial charge in [-0.2, -0.15) is 0 Å². The van der Waals surface area contributed by atoms with Crippen LogP contribution in [-0.4, -0.2) is 50.4 Å². The third-order valence-corrected chi connectivity index (χ3v) is 7.13. The van der Waals surface area contributed by atoms with Crippen molar-refractivity contribution in [3.63, 3.8) is 0 Å². The Hall–Kier alpha value is -4.47. The summed E-state index contributed by atoms with van der Waals surface area (Å²) in [5, 5.41) is 0. The van der Waals surface area contributed by atoms with E-state index in [4.69, 9.17) is 4.74 Å². The number of fused-ring (bicyclic) bond motifs is 1. The first-order valence-corrected chi connectivity index (χ1v) is 12.3. The summed E-state index contributed by atoms with van der Waals surface area (Å²) in [5.41, 5.74) is 2.03. The molecule has 2 aromatic heterocycles. The van der Waals surface area contributed by atoms with Gasteiger partial charge in [0.2, 0.25) is 0 Å². The molecule has 38 heavy (non-hydrogen) atoms. The number of carbonyl (C=O) groups is 2. The number of halogens is 1. The predicted octanol–water partition coefficient (Wildman–Crippen LogP) is 2.87. The molecule has 3 heterocycles. The van der Waals surface area contributed by atoms with Gasteiger partial charge in [0.15, 0.2) is 12.4 Å². The SMILES string of the molecule is Cn1c(=O)c2[nH]c(-c3ccc(OCC(=O)N4CCC(C(=O)c5ccc(F)cc5)CC4)cc3)cc2n(C)c1=O. The molecule has 1 fully saturated rings. The molecule has 0 spiro atoms. The molecule has 0 saturated carbocycles. The number of hydrogen-bond acceptors (Lipinski definition) is 5. The van der Waals surface area contributed by atoms with Crippen molar-refractivity contribution in [1.82, 2.24) is 19.0 Å². The van der Waals surface area contributed by atoms with Gasteiger partial charge in [0.1, 0.15) is 17.1 Å². The molecule has 0 unspecified atom stereocenters. The number of carbonyl (C=O) groups excluding carboxylic acids is 2. The van der Waals surface area contributed by atoms with Crippen LogP contribution in [-0.2, 0) is 18.9 Å². The number of Topliss-reactive ketones (excluding diaryl/α,β-unsaturated/α-hetero) is 1. The smallest absolute Gasteiger partial charge is 0.331 e. The number of hydrogen-bond donors (Lipinski definition) is 1. The maximum atomic E-state index is 13.1. The maximum Gasteiger partial charge on any atom is 0.331 e. The molecule has 1 N–H and O–H groups in total. The maximum absolute atomic E-state index is 13.1. The van der Waals surface area contributed by atoms with Gasteiger partial charge >= 0.3 is 5.69 Å². The van der Waals surface area contributed by atoms with Gasteiger partial charge < -0.3 is 14.6 Å². The fourth-order valence-electron chi connectivity index (χ4n) is 4.82. The topological polar surface area (TPSA) is 106 Å². The summed E-state index contributed by atoms with van der Waals surface area (Å²) in [6.45, 7) is 0.794. The number of piperidine rings is 1. The molecule has 5 rings (SSSR count). The fourth-order valence-corrected chi connectivity index (χ4v) is 4.82. The number of amides is 1. The molecular formula is C28H27FN4O5. The minimum absolute atomic E-state index is 0.0222. The van der Waals surface area contributed by atoms with Crippen LogP contribution in [0.25, 0.3) is 22.3 Å². The number of ketones is 1. The first-order chi connectivity index (χ1) is 18.2. The molecule has 10 heteroatoms. The van der Waals surface area contributed by atoms with Crippen molar-refractivity contribution in [3.05, 3.63) is 86.8 Å². The van der Waals surface area contributed by atoms with E-state index < -0.39 is 11.2 Å². The van der Waals surface area contributed by atoms with E-state index in [2.05, 4.69) is 4.98 Å². The number of aryl methyl sites for hydroxylation is 1. The van der Waals surface area contributed by atoms with Gasteiger partial charge in [0, 0.05) is 44.4 Å². The van der Waals surface area contributed by atoms with Crippen molar-refractivity contribution in [2.75, 3.05) is 19.7 Å². The molecule has 1 amide bonds. The third kappa shape index (κ3) is 4.77. The highest BCUT2D eigenvalue weighted by molar-refractivity contribution is 5.98. The average molecular weight is 519 g/mol. The Labute approximate surface area is 217 Å². The lowest BCUT2D eigenvalue weighted by Gasteiger charge is -2.31. The van der Waals surface area contributed by atoms with Crippen LogP contribution in [0.15, 0.2) is 64.2 Å². The molecular weight excluding hydrogens is 491 g/mol. The van der Waals surface area contributed by atoms with Crippen molar-refractivity contribution in [2.24, 2.45) is 20.0 Å². The first kappa shape index (κ1) is 25.2.